The number of hydrogen-bond donors (Lipinski definition) is 2. The Labute approximate surface area is 109 Å². The van der Waals surface area contributed by atoms with Gasteiger partial charge in [0.2, 0.25) is 0 Å². The average Bonchev–Trinajstić information content (AvgIpc) is 2.37. The van der Waals surface area contributed by atoms with Gasteiger partial charge >= 0.3 is 5.97 Å². The summed E-state index contributed by atoms with van der Waals surface area (Å²) in [6.45, 7) is 1.78. The molecule has 0 saturated heterocycles. The number of rotatable bonds is 3. The molecule has 5 heteroatoms. The maximum Gasteiger partial charge on any atom is 0.328 e. The summed E-state index contributed by atoms with van der Waals surface area (Å²) in [5.41, 5.74) is 1.32. The third-order valence-electron chi connectivity index (χ3n) is 2.93. The van der Waals surface area contributed by atoms with E-state index in [-0.39, 0.29) is 5.56 Å². The van der Waals surface area contributed by atoms with E-state index < -0.39 is 5.97 Å². The third-order valence-corrected chi connectivity index (χ3v) is 2.93. The van der Waals surface area contributed by atoms with Crippen LogP contribution < -0.4 is 10.3 Å². The standard InChI is InChI=1S/C14H13NO4/c1-8-9-4-3-5-11(19-2)13(9)15-14(18)10(8)6-7-12(16)17/h3-7H,1-2H3,(H,15,18)(H,16,17)/b7-6+. The van der Waals surface area contributed by atoms with Gasteiger partial charge in [-0.15, -0.1) is 0 Å². The van der Waals surface area contributed by atoms with Gasteiger partial charge in [0.05, 0.1) is 12.6 Å². The van der Waals surface area contributed by atoms with E-state index in [1.807, 2.05) is 12.1 Å². The van der Waals surface area contributed by atoms with Crippen LogP contribution in [0, 0.1) is 6.92 Å². The molecule has 0 aliphatic carbocycles. The summed E-state index contributed by atoms with van der Waals surface area (Å²) >= 11 is 0. The maximum atomic E-state index is 12.0. The summed E-state index contributed by atoms with van der Waals surface area (Å²) < 4.78 is 5.19. The van der Waals surface area contributed by atoms with Crippen LogP contribution in [0.15, 0.2) is 29.1 Å². The molecule has 0 aliphatic heterocycles. The van der Waals surface area contributed by atoms with Crippen molar-refractivity contribution in [2.45, 2.75) is 6.92 Å². The van der Waals surface area contributed by atoms with Crippen molar-refractivity contribution in [2.75, 3.05) is 7.11 Å². The van der Waals surface area contributed by atoms with Gasteiger partial charge < -0.3 is 14.8 Å². The fourth-order valence-electron chi connectivity index (χ4n) is 1.99. The smallest absolute Gasteiger partial charge is 0.328 e. The van der Waals surface area contributed by atoms with Gasteiger partial charge in [0.15, 0.2) is 0 Å². The first-order chi connectivity index (χ1) is 9.04. The van der Waals surface area contributed by atoms with Gasteiger partial charge in [-0.05, 0) is 24.6 Å². The largest absolute Gasteiger partial charge is 0.495 e. The number of pyridine rings is 1. The number of methoxy groups -OCH3 is 1. The van der Waals surface area contributed by atoms with E-state index in [0.717, 1.165) is 17.0 Å². The number of aryl methyl sites for hydroxylation is 1. The van der Waals surface area contributed by atoms with E-state index in [1.54, 1.807) is 13.0 Å². The Morgan fingerprint density at radius 2 is 2.16 bits per heavy atom. The second kappa shape index (κ2) is 4.97. The summed E-state index contributed by atoms with van der Waals surface area (Å²) in [6.07, 6.45) is 2.25. The molecule has 0 bridgehead atoms. The van der Waals surface area contributed by atoms with E-state index in [0.29, 0.717) is 16.8 Å². The van der Waals surface area contributed by atoms with Crippen molar-refractivity contribution in [1.29, 1.82) is 0 Å². The quantitative estimate of drug-likeness (QED) is 0.825. The topological polar surface area (TPSA) is 79.4 Å². The molecule has 0 saturated carbocycles. The number of hydrogen-bond acceptors (Lipinski definition) is 3. The zero-order chi connectivity index (χ0) is 14.0. The number of aromatic nitrogens is 1. The lowest BCUT2D eigenvalue weighted by Gasteiger charge is -2.09. The first-order valence-corrected chi connectivity index (χ1v) is 5.65. The summed E-state index contributed by atoms with van der Waals surface area (Å²) in [5, 5.41) is 9.46. The minimum Gasteiger partial charge on any atom is -0.495 e. The predicted molar refractivity (Wildman–Crippen MR) is 72.5 cm³/mol. The van der Waals surface area contributed by atoms with Gasteiger partial charge in [0.1, 0.15) is 5.75 Å². The second-order valence-corrected chi connectivity index (χ2v) is 4.05. The molecular weight excluding hydrogens is 246 g/mol. The molecule has 0 amide bonds. The molecule has 5 nitrogen and oxygen atoms in total. The van der Waals surface area contributed by atoms with E-state index in [2.05, 4.69) is 4.98 Å². The number of aliphatic carboxylic acids is 1. The Hall–Kier alpha value is -2.56. The lowest BCUT2D eigenvalue weighted by molar-refractivity contribution is -0.131. The van der Waals surface area contributed by atoms with Crippen molar-refractivity contribution in [3.8, 4) is 5.75 Å². The molecule has 98 valence electrons. The van der Waals surface area contributed by atoms with Crippen molar-refractivity contribution in [3.05, 3.63) is 45.8 Å². The number of aromatic amines is 1. The van der Waals surface area contributed by atoms with Crippen molar-refractivity contribution in [2.24, 2.45) is 0 Å². The summed E-state index contributed by atoms with van der Waals surface area (Å²) in [7, 11) is 1.53. The van der Waals surface area contributed by atoms with Crippen LogP contribution in [-0.2, 0) is 4.79 Å². The normalized spacial score (nSPS) is 11.1. The minimum atomic E-state index is -1.09. The number of para-hydroxylation sites is 1. The molecule has 0 spiro atoms. The third kappa shape index (κ3) is 2.35. The van der Waals surface area contributed by atoms with Crippen LogP contribution in [0.2, 0.25) is 0 Å². The Morgan fingerprint density at radius 1 is 1.42 bits per heavy atom. The van der Waals surface area contributed by atoms with Crippen molar-refractivity contribution >= 4 is 22.9 Å². The van der Waals surface area contributed by atoms with Crippen LogP contribution in [0.5, 0.6) is 5.75 Å². The molecule has 1 heterocycles. The Bertz CT molecular complexity index is 728. The first-order valence-electron chi connectivity index (χ1n) is 5.65. The zero-order valence-electron chi connectivity index (χ0n) is 10.6. The molecule has 2 N–H and O–H groups in total. The molecule has 2 aromatic rings. The summed E-state index contributed by atoms with van der Waals surface area (Å²) in [6, 6.07) is 5.42. The Morgan fingerprint density at radius 3 is 2.79 bits per heavy atom. The van der Waals surface area contributed by atoms with Gasteiger partial charge in [-0.3, -0.25) is 4.79 Å². The lowest BCUT2D eigenvalue weighted by Crippen LogP contribution is -2.12. The highest BCUT2D eigenvalue weighted by Gasteiger charge is 2.10. The monoisotopic (exact) mass is 259 g/mol. The molecule has 0 radical (unpaired) electrons. The van der Waals surface area contributed by atoms with Crippen molar-refractivity contribution in [1.82, 2.24) is 4.98 Å². The number of carbonyl (C=O) groups is 1. The van der Waals surface area contributed by atoms with Gasteiger partial charge in [0, 0.05) is 17.0 Å². The fourth-order valence-corrected chi connectivity index (χ4v) is 1.99. The molecule has 0 fully saturated rings. The number of H-pyrrole nitrogens is 1. The number of carboxylic acids is 1. The van der Waals surface area contributed by atoms with Crippen LogP contribution in [0.4, 0.5) is 0 Å². The maximum absolute atomic E-state index is 12.0. The molecular formula is C14H13NO4. The predicted octanol–water partition coefficient (Wildman–Crippen LogP) is 1.94. The van der Waals surface area contributed by atoms with Crippen LogP contribution in [0.1, 0.15) is 11.1 Å². The van der Waals surface area contributed by atoms with Crippen LogP contribution in [-0.4, -0.2) is 23.2 Å². The Balaban J connectivity index is 2.76. The van der Waals surface area contributed by atoms with E-state index in [4.69, 9.17) is 9.84 Å². The summed E-state index contributed by atoms with van der Waals surface area (Å²) in [4.78, 5) is 25.2. The molecule has 2 rings (SSSR count). The van der Waals surface area contributed by atoms with Crippen LogP contribution in [0.3, 0.4) is 0 Å². The second-order valence-electron chi connectivity index (χ2n) is 4.05. The highest BCUT2D eigenvalue weighted by molar-refractivity contribution is 5.91. The molecule has 0 aliphatic rings. The van der Waals surface area contributed by atoms with E-state index >= 15 is 0 Å². The highest BCUT2D eigenvalue weighted by Crippen LogP contribution is 2.26. The number of ether oxygens (including phenoxy) is 1. The van der Waals surface area contributed by atoms with E-state index in [9.17, 15) is 9.59 Å². The molecule has 19 heavy (non-hydrogen) atoms. The Kier molecular flexibility index (Phi) is 3.37. The number of fused-ring (bicyclic) bond motifs is 1. The van der Waals surface area contributed by atoms with Crippen molar-refractivity contribution in [3.63, 3.8) is 0 Å². The number of nitrogens with one attached hydrogen (secondary N) is 1. The lowest BCUT2D eigenvalue weighted by atomic mass is 10.0. The minimum absolute atomic E-state index is 0.336. The van der Waals surface area contributed by atoms with Gasteiger partial charge in [-0.2, -0.15) is 0 Å². The average molecular weight is 259 g/mol. The van der Waals surface area contributed by atoms with Gasteiger partial charge in [-0.25, -0.2) is 4.79 Å². The zero-order valence-corrected chi connectivity index (χ0v) is 10.6. The molecule has 1 aromatic heterocycles. The van der Waals surface area contributed by atoms with Crippen LogP contribution >= 0.6 is 0 Å². The number of carboxylic acid groups (broad SMARTS) is 1. The molecule has 0 atom stereocenters. The summed E-state index contributed by atoms with van der Waals surface area (Å²) in [5.74, 6) is -0.518. The molecule has 1 aromatic carbocycles. The van der Waals surface area contributed by atoms with Crippen molar-refractivity contribution < 1.29 is 14.6 Å². The molecule has 0 unspecified atom stereocenters. The SMILES string of the molecule is COc1cccc2c(C)c(/C=C/C(=O)O)c(=O)[nH]c12. The highest BCUT2D eigenvalue weighted by atomic mass is 16.5. The number of benzene rings is 1. The van der Waals surface area contributed by atoms with Gasteiger partial charge in [-0.1, -0.05) is 12.1 Å². The van der Waals surface area contributed by atoms with E-state index in [1.165, 1.54) is 13.2 Å². The fraction of sp³-hybridized carbons (Fsp3) is 0.143. The van der Waals surface area contributed by atoms with Gasteiger partial charge in [0.25, 0.3) is 5.56 Å². The first kappa shape index (κ1) is 12.9. The van der Waals surface area contributed by atoms with Crippen LogP contribution in [0.25, 0.3) is 17.0 Å².